The molecule has 2 saturated heterocycles. The SMILES string of the molecule is CS(=O)(=O)N1CC(=O)N2[C@H](C1)[C@@H](c1ccc(Br)cc1)[C@@H]2CO. The predicted octanol–water partition coefficient (Wildman–Crippen LogP) is 0.380. The van der Waals surface area contributed by atoms with Crippen molar-refractivity contribution in [1.29, 1.82) is 0 Å². The smallest absolute Gasteiger partial charge is 0.238 e. The van der Waals surface area contributed by atoms with Gasteiger partial charge in [-0.1, -0.05) is 28.1 Å². The number of aliphatic hydroxyl groups excluding tert-OH is 1. The van der Waals surface area contributed by atoms with Gasteiger partial charge in [-0.05, 0) is 17.7 Å². The van der Waals surface area contributed by atoms with Gasteiger partial charge in [-0.3, -0.25) is 4.79 Å². The minimum Gasteiger partial charge on any atom is -0.394 e. The van der Waals surface area contributed by atoms with Crippen LogP contribution in [0.25, 0.3) is 0 Å². The van der Waals surface area contributed by atoms with Gasteiger partial charge in [-0.25, -0.2) is 8.42 Å². The normalized spacial score (nSPS) is 29.1. The first-order chi connectivity index (χ1) is 10.3. The summed E-state index contributed by atoms with van der Waals surface area (Å²) in [6, 6.07) is 7.21. The molecule has 22 heavy (non-hydrogen) atoms. The largest absolute Gasteiger partial charge is 0.394 e. The van der Waals surface area contributed by atoms with Crippen molar-refractivity contribution in [1.82, 2.24) is 9.21 Å². The van der Waals surface area contributed by atoms with E-state index in [0.29, 0.717) is 0 Å². The van der Waals surface area contributed by atoms with Crippen LogP contribution in [0.15, 0.2) is 28.7 Å². The van der Waals surface area contributed by atoms with Crippen molar-refractivity contribution >= 4 is 31.9 Å². The number of carbonyl (C=O) groups excluding carboxylic acids is 1. The molecular formula is C14H17BrN2O4S. The van der Waals surface area contributed by atoms with E-state index in [-0.39, 0.29) is 43.6 Å². The summed E-state index contributed by atoms with van der Waals surface area (Å²) < 4.78 is 25.7. The maximum absolute atomic E-state index is 12.2. The van der Waals surface area contributed by atoms with E-state index in [1.54, 1.807) is 4.90 Å². The van der Waals surface area contributed by atoms with Gasteiger partial charge in [0.25, 0.3) is 0 Å². The van der Waals surface area contributed by atoms with Gasteiger partial charge in [0, 0.05) is 16.9 Å². The van der Waals surface area contributed by atoms with Gasteiger partial charge in [0.05, 0.1) is 31.5 Å². The van der Waals surface area contributed by atoms with Crippen LogP contribution in [-0.2, 0) is 14.8 Å². The number of aliphatic hydroxyl groups is 1. The van der Waals surface area contributed by atoms with Gasteiger partial charge in [0.2, 0.25) is 15.9 Å². The van der Waals surface area contributed by atoms with Crippen molar-refractivity contribution in [2.75, 3.05) is 26.0 Å². The van der Waals surface area contributed by atoms with Gasteiger partial charge >= 0.3 is 0 Å². The number of hydrogen-bond acceptors (Lipinski definition) is 4. The molecule has 3 rings (SSSR count). The molecule has 0 unspecified atom stereocenters. The molecular weight excluding hydrogens is 372 g/mol. The maximum Gasteiger partial charge on any atom is 0.238 e. The zero-order valence-electron chi connectivity index (χ0n) is 12.0. The molecule has 3 atom stereocenters. The summed E-state index contributed by atoms with van der Waals surface area (Å²) in [4.78, 5) is 13.8. The van der Waals surface area contributed by atoms with Crippen LogP contribution in [0.4, 0.5) is 0 Å². The molecule has 0 radical (unpaired) electrons. The van der Waals surface area contributed by atoms with E-state index in [9.17, 15) is 18.3 Å². The van der Waals surface area contributed by atoms with Crippen LogP contribution >= 0.6 is 15.9 Å². The van der Waals surface area contributed by atoms with Crippen LogP contribution in [0.5, 0.6) is 0 Å². The molecule has 0 bridgehead atoms. The van der Waals surface area contributed by atoms with Crippen LogP contribution in [0.2, 0.25) is 0 Å². The fourth-order valence-corrected chi connectivity index (χ4v) is 4.44. The topological polar surface area (TPSA) is 77.9 Å². The Morgan fingerprint density at radius 2 is 1.95 bits per heavy atom. The van der Waals surface area contributed by atoms with E-state index in [4.69, 9.17) is 0 Å². The number of nitrogens with zero attached hydrogens (tertiary/aromatic N) is 2. The summed E-state index contributed by atoms with van der Waals surface area (Å²) in [5.41, 5.74) is 1.01. The highest BCUT2D eigenvalue weighted by Crippen LogP contribution is 2.43. The second-order valence-electron chi connectivity index (χ2n) is 5.75. The number of piperazine rings is 1. The van der Waals surface area contributed by atoms with Crippen molar-refractivity contribution in [3.8, 4) is 0 Å². The summed E-state index contributed by atoms with van der Waals surface area (Å²) in [6.07, 6.45) is 1.12. The first kappa shape index (κ1) is 15.9. The molecule has 1 amide bonds. The van der Waals surface area contributed by atoms with E-state index in [1.165, 1.54) is 4.31 Å². The first-order valence-corrected chi connectivity index (χ1v) is 9.59. The van der Waals surface area contributed by atoms with Crippen molar-refractivity contribution in [3.63, 3.8) is 0 Å². The molecule has 6 nitrogen and oxygen atoms in total. The lowest BCUT2D eigenvalue weighted by atomic mass is 9.74. The Kier molecular flexibility index (Phi) is 4.05. The third-order valence-corrected chi connectivity index (χ3v) is 6.19. The average Bonchev–Trinajstić information content (AvgIpc) is 2.42. The third-order valence-electron chi connectivity index (χ3n) is 4.44. The minimum atomic E-state index is -3.40. The second kappa shape index (κ2) is 5.59. The number of carbonyl (C=O) groups is 1. The van der Waals surface area contributed by atoms with Crippen LogP contribution in [0.3, 0.4) is 0 Å². The lowest BCUT2D eigenvalue weighted by molar-refractivity contribution is -0.158. The van der Waals surface area contributed by atoms with Crippen molar-refractivity contribution in [2.24, 2.45) is 0 Å². The molecule has 0 aliphatic carbocycles. The first-order valence-electron chi connectivity index (χ1n) is 6.95. The molecule has 2 aliphatic rings. The fourth-order valence-electron chi connectivity index (χ4n) is 3.41. The van der Waals surface area contributed by atoms with E-state index >= 15 is 0 Å². The number of amides is 1. The van der Waals surface area contributed by atoms with Crippen LogP contribution < -0.4 is 0 Å². The average molecular weight is 389 g/mol. The van der Waals surface area contributed by atoms with Crippen molar-refractivity contribution in [3.05, 3.63) is 34.3 Å². The second-order valence-corrected chi connectivity index (χ2v) is 8.65. The molecule has 1 aromatic rings. The summed E-state index contributed by atoms with van der Waals surface area (Å²) in [6.45, 7) is 0.0164. The van der Waals surface area contributed by atoms with E-state index in [1.807, 2.05) is 24.3 Å². The standard InChI is InChI=1S/C14H17BrN2O4S/c1-22(20,21)16-6-11-14(9-2-4-10(15)5-3-9)12(8-18)17(11)13(19)7-16/h2-5,11-12,14,18H,6-8H2,1H3/t11-,12+,14-/m1/s1. The number of benzene rings is 1. The Hall–Kier alpha value is -0.960. The number of halogens is 1. The summed E-state index contributed by atoms with van der Waals surface area (Å²) in [5.74, 6) is -0.291. The monoisotopic (exact) mass is 388 g/mol. The lowest BCUT2D eigenvalue weighted by Gasteiger charge is -2.58. The van der Waals surface area contributed by atoms with Crippen LogP contribution in [0.1, 0.15) is 11.5 Å². The molecule has 1 N–H and O–H groups in total. The Bertz CT molecular complexity index is 691. The zero-order chi connectivity index (χ0) is 16.1. The van der Waals surface area contributed by atoms with Crippen molar-refractivity contribution < 1.29 is 18.3 Å². The van der Waals surface area contributed by atoms with Gasteiger partial charge in [-0.2, -0.15) is 4.31 Å². The predicted molar refractivity (Wildman–Crippen MR) is 84.8 cm³/mol. The van der Waals surface area contributed by atoms with E-state index < -0.39 is 10.0 Å². The number of fused-ring (bicyclic) bond motifs is 1. The molecule has 2 aliphatic heterocycles. The molecule has 2 heterocycles. The van der Waals surface area contributed by atoms with E-state index in [2.05, 4.69) is 15.9 Å². The molecule has 120 valence electrons. The highest BCUT2D eigenvalue weighted by atomic mass is 79.9. The number of sulfonamides is 1. The maximum atomic E-state index is 12.2. The van der Waals surface area contributed by atoms with Gasteiger partial charge in [-0.15, -0.1) is 0 Å². The Morgan fingerprint density at radius 1 is 1.32 bits per heavy atom. The molecule has 0 aromatic heterocycles. The van der Waals surface area contributed by atoms with E-state index in [0.717, 1.165) is 16.3 Å². The molecule has 2 fully saturated rings. The van der Waals surface area contributed by atoms with Crippen LogP contribution in [0, 0.1) is 0 Å². The summed E-state index contributed by atoms with van der Waals surface area (Å²) >= 11 is 3.38. The number of rotatable bonds is 3. The fraction of sp³-hybridized carbons (Fsp3) is 0.500. The number of hydrogen-bond donors (Lipinski definition) is 1. The van der Waals surface area contributed by atoms with Gasteiger partial charge in [0.15, 0.2) is 0 Å². The quantitative estimate of drug-likeness (QED) is 0.811. The van der Waals surface area contributed by atoms with Crippen LogP contribution in [-0.4, -0.2) is 66.7 Å². The molecule has 1 aromatic carbocycles. The Morgan fingerprint density at radius 3 is 2.50 bits per heavy atom. The highest BCUT2D eigenvalue weighted by Gasteiger charge is 2.54. The van der Waals surface area contributed by atoms with Gasteiger partial charge in [0.1, 0.15) is 0 Å². The lowest BCUT2D eigenvalue weighted by Crippen LogP contribution is -2.73. The zero-order valence-corrected chi connectivity index (χ0v) is 14.4. The molecule has 0 spiro atoms. The minimum absolute atomic E-state index is 0.0494. The summed E-state index contributed by atoms with van der Waals surface area (Å²) in [5, 5.41) is 9.62. The Labute approximate surface area is 137 Å². The summed E-state index contributed by atoms with van der Waals surface area (Å²) in [7, 11) is -3.40. The Balaban J connectivity index is 1.91. The van der Waals surface area contributed by atoms with Gasteiger partial charge < -0.3 is 10.0 Å². The molecule has 0 saturated carbocycles. The highest BCUT2D eigenvalue weighted by molar-refractivity contribution is 9.10. The van der Waals surface area contributed by atoms with Crippen molar-refractivity contribution in [2.45, 2.75) is 18.0 Å². The molecule has 8 heteroatoms. The third kappa shape index (κ3) is 2.58.